The Hall–Kier alpha value is -2.54. The largest absolute Gasteiger partial charge is 0.393 e. The van der Waals surface area contributed by atoms with Crippen LogP contribution < -0.4 is 10.7 Å². The fraction of sp³-hybridized carbons (Fsp3) is 0.353. The Labute approximate surface area is 138 Å². The minimum Gasteiger partial charge on any atom is -0.393 e. The fourth-order valence-corrected chi connectivity index (χ4v) is 2.21. The van der Waals surface area contributed by atoms with Crippen molar-refractivity contribution in [2.45, 2.75) is 32.8 Å². The van der Waals surface area contributed by atoms with Gasteiger partial charge >= 0.3 is 0 Å². The molecule has 1 atom stereocenters. The van der Waals surface area contributed by atoms with Gasteiger partial charge in [-0.1, -0.05) is 19.1 Å². The van der Waals surface area contributed by atoms with Crippen molar-refractivity contribution in [3.63, 3.8) is 0 Å². The molecular formula is C17H20FN3O3. The van der Waals surface area contributed by atoms with Gasteiger partial charge in [0, 0.05) is 18.3 Å². The number of carbonyl (C=O) groups excluding carboxylic acids is 1. The highest BCUT2D eigenvalue weighted by Gasteiger charge is 2.16. The van der Waals surface area contributed by atoms with E-state index in [-0.39, 0.29) is 17.9 Å². The van der Waals surface area contributed by atoms with Crippen molar-refractivity contribution in [3.05, 3.63) is 57.8 Å². The molecule has 2 N–H and O–H groups in total. The van der Waals surface area contributed by atoms with Crippen LogP contribution in [0.15, 0.2) is 35.1 Å². The Morgan fingerprint density at radius 2 is 2.12 bits per heavy atom. The van der Waals surface area contributed by atoms with Gasteiger partial charge in [-0.15, -0.1) is 0 Å². The summed E-state index contributed by atoms with van der Waals surface area (Å²) in [6.45, 7) is 3.67. The summed E-state index contributed by atoms with van der Waals surface area (Å²) in [4.78, 5) is 24.2. The number of aryl methyl sites for hydroxylation is 1. The predicted octanol–water partition coefficient (Wildman–Crippen LogP) is 1.57. The highest BCUT2D eigenvalue weighted by Crippen LogP contribution is 2.13. The molecule has 1 heterocycles. The average Bonchev–Trinajstić information content (AvgIpc) is 2.55. The molecule has 6 nitrogen and oxygen atoms in total. The highest BCUT2D eigenvalue weighted by molar-refractivity contribution is 5.92. The Kier molecular flexibility index (Phi) is 5.81. The molecule has 0 spiro atoms. The van der Waals surface area contributed by atoms with Crippen molar-refractivity contribution in [1.29, 1.82) is 0 Å². The summed E-state index contributed by atoms with van der Waals surface area (Å²) in [7, 11) is 0. The number of aliphatic hydroxyl groups excluding tert-OH is 1. The van der Waals surface area contributed by atoms with Gasteiger partial charge in [-0.05, 0) is 31.9 Å². The lowest BCUT2D eigenvalue weighted by Gasteiger charge is -2.12. The number of hydrogen-bond donors (Lipinski definition) is 2. The number of aromatic nitrogens is 2. The first-order valence-corrected chi connectivity index (χ1v) is 7.76. The van der Waals surface area contributed by atoms with Crippen LogP contribution in [0.1, 0.15) is 35.9 Å². The zero-order valence-corrected chi connectivity index (χ0v) is 13.6. The van der Waals surface area contributed by atoms with E-state index in [1.807, 2.05) is 6.92 Å². The number of benzene rings is 1. The summed E-state index contributed by atoms with van der Waals surface area (Å²) >= 11 is 0. The van der Waals surface area contributed by atoms with Crippen molar-refractivity contribution in [2.24, 2.45) is 0 Å². The van der Waals surface area contributed by atoms with E-state index in [9.17, 15) is 19.1 Å². The molecule has 7 heteroatoms. The third kappa shape index (κ3) is 4.05. The van der Waals surface area contributed by atoms with E-state index in [0.29, 0.717) is 18.5 Å². The third-order valence-corrected chi connectivity index (χ3v) is 3.64. The smallest absolute Gasteiger partial charge is 0.275 e. The van der Waals surface area contributed by atoms with Crippen LogP contribution in [0.3, 0.4) is 0 Å². The molecule has 2 rings (SSSR count). The topological polar surface area (TPSA) is 84.2 Å². The zero-order chi connectivity index (χ0) is 17.7. The Morgan fingerprint density at radius 3 is 2.79 bits per heavy atom. The molecule has 0 bridgehead atoms. The SMILES string of the molecule is CCC(O)CCNC(=O)c1nn(-c2ccccc2F)c(C)cc1=O. The Balaban J connectivity index is 2.28. The molecule has 0 radical (unpaired) electrons. The Bertz CT molecular complexity index is 789. The van der Waals surface area contributed by atoms with Crippen LogP contribution in [0.2, 0.25) is 0 Å². The van der Waals surface area contributed by atoms with Crippen LogP contribution >= 0.6 is 0 Å². The summed E-state index contributed by atoms with van der Waals surface area (Å²) in [6.07, 6.45) is 0.459. The molecule has 0 saturated heterocycles. The van der Waals surface area contributed by atoms with E-state index in [4.69, 9.17) is 0 Å². The molecule has 1 amide bonds. The zero-order valence-electron chi connectivity index (χ0n) is 13.6. The molecule has 1 aromatic carbocycles. The predicted molar refractivity (Wildman–Crippen MR) is 87.8 cm³/mol. The van der Waals surface area contributed by atoms with Crippen LogP contribution in [0.4, 0.5) is 4.39 Å². The summed E-state index contributed by atoms with van der Waals surface area (Å²) < 4.78 is 15.2. The molecule has 0 saturated carbocycles. The average molecular weight is 333 g/mol. The van der Waals surface area contributed by atoms with Crippen LogP contribution in [0.25, 0.3) is 5.69 Å². The molecule has 2 aromatic rings. The summed E-state index contributed by atoms with van der Waals surface area (Å²) in [5.41, 5.74) is -0.267. The van der Waals surface area contributed by atoms with Crippen LogP contribution in [0, 0.1) is 12.7 Å². The van der Waals surface area contributed by atoms with E-state index in [0.717, 1.165) is 0 Å². The maximum Gasteiger partial charge on any atom is 0.275 e. The van der Waals surface area contributed by atoms with Crippen molar-refractivity contribution in [1.82, 2.24) is 15.1 Å². The van der Waals surface area contributed by atoms with E-state index >= 15 is 0 Å². The van der Waals surface area contributed by atoms with Gasteiger partial charge in [0.1, 0.15) is 11.5 Å². The first-order chi connectivity index (χ1) is 11.4. The molecule has 128 valence electrons. The molecule has 0 aliphatic rings. The van der Waals surface area contributed by atoms with Gasteiger partial charge in [-0.3, -0.25) is 9.59 Å². The number of halogens is 1. The lowest BCUT2D eigenvalue weighted by molar-refractivity contribution is 0.0934. The molecule has 1 aromatic heterocycles. The molecule has 1 unspecified atom stereocenters. The highest BCUT2D eigenvalue weighted by atomic mass is 19.1. The minimum absolute atomic E-state index is 0.158. The molecule has 24 heavy (non-hydrogen) atoms. The van der Waals surface area contributed by atoms with Gasteiger partial charge < -0.3 is 10.4 Å². The van der Waals surface area contributed by atoms with Gasteiger partial charge in [0.25, 0.3) is 5.91 Å². The van der Waals surface area contributed by atoms with Crippen LogP contribution in [-0.4, -0.2) is 33.4 Å². The number of carbonyl (C=O) groups is 1. The molecule has 0 fully saturated rings. The van der Waals surface area contributed by atoms with E-state index in [1.165, 1.54) is 22.9 Å². The second kappa shape index (κ2) is 7.83. The number of para-hydroxylation sites is 1. The van der Waals surface area contributed by atoms with Gasteiger partial charge in [0.2, 0.25) is 5.43 Å². The van der Waals surface area contributed by atoms with Crippen molar-refractivity contribution in [3.8, 4) is 5.69 Å². The maximum atomic E-state index is 14.0. The molecule has 0 aliphatic carbocycles. The summed E-state index contributed by atoms with van der Waals surface area (Å²) in [6, 6.07) is 7.22. The summed E-state index contributed by atoms with van der Waals surface area (Å²) in [5, 5.41) is 16.0. The third-order valence-electron chi connectivity index (χ3n) is 3.64. The first-order valence-electron chi connectivity index (χ1n) is 7.76. The van der Waals surface area contributed by atoms with Crippen molar-refractivity contribution in [2.75, 3.05) is 6.54 Å². The number of nitrogens with one attached hydrogen (secondary N) is 1. The van der Waals surface area contributed by atoms with Gasteiger partial charge in [-0.2, -0.15) is 5.10 Å². The van der Waals surface area contributed by atoms with Crippen LogP contribution in [-0.2, 0) is 0 Å². The lowest BCUT2D eigenvalue weighted by Crippen LogP contribution is -2.33. The van der Waals surface area contributed by atoms with Crippen LogP contribution in [0.5, 0.6) is 0 Å². The van der Waals surface area contributed by atoms with Gasteiger partial charge in [-0.25, -0.2) is 9.07 Å². The summed E-state index contributed by atoms with van der Waals surface area (Å²) in [5.74, 6) is -1.15. The van der Waals surface area contributed by atoms with Gasteiger partial charge in [0.05, 0.1) is 6.10 Å². The standard InChI is InChI=1S/C17H20FN3O3/c1-3-12(22)8-9-19-17(24)16-15(23)10-11(2)21(20-16)14-7-5-4-6-13(14)18/h4-7,10,12,22H,3,8-9H2,1-2H3,(H,19,24). The lowest BCUT2D eigenvalue weighted by atomic mass is 10.2. The fourth-order valence-electron chi connectivity index (χ4n) is 2.21. The van der Waals surface area contributed by atoms with Crippen molar-refractivity contribution < 1.29 is 14.3 Å². The monoisotopic (exact) mass is 333 g/mol. The number of nitrogens with zero attached hydrogens (tertiary/aromatic N) is 2. The number of rotatable bonds is 6. The van der Waals surface area contributed by atoms with E-state index < -0.39 is 23.3 Å². The number of aliphatic hydroxyl groups is 1. The minimum atomic E-state index is -0.645. The van der Waals surface area contributed by atoms with E-state index in [2.05, 4.69) is 10.4 Å². The first kappa shape index (κ1) is 17.8. The number of amides is 1. The quantitative estimate of drug-likeness (QED) is 0.840. The Morgan fingerprint density at radius 1 is 1.42 bits per heavy atom. The van der Waals surface area contributed by atoms with E-state index in [1.54, 1.807) is 19.1 Å². The second-order valence-corrected chi connectivity index (χ2v) is 5.47. The normalized spacial score (nSPS) is 12.0. The molecule has 0 aliphatic heterocycles. The van der Waals surface area contributed by atoms with Gasteiger partial charge in [0.15, 0.2) is 5.69 Å². The molecular weight excluding hydrogens is 313 g/mol. The maximum absolute atomic E-state index is 14.0. The second-order valence-electron chi connectivity index (χ2n) is 5.47. The number of hydrogen-bond acceptors (Lipinski definition) is 4. The van der Waals surface area contributed by atoms with Crippen molar-refractivity contribution >= 4 is 5.91 Å².